The predicted octanol–water partition coefficient (Wildman–Crippen LogP) is 5.11. The van der Waals surface area contributed by atoms with Crippen molar-refractivity contribution in [1.82, 2.24) is 4.90 Å². The van der Waals surface area contributed by atoms with Crippen molar-refractivity contribution in [3.8, 4) is 5.75 Å². The number of amides is 2. The van der Waals surface area contributed by atoms with Crippen LogP contribution in [0.4, 0.5) is 11.4 Å². The average Bonchev–Trinajstić information content (AvgIpc) is 2.79. The minimum absolute atomic E-state index is 0.106. The second-order valence-electron chi connectivity index (χ2n) is 8.18. The molecule has 0 fully saturated rings. The van der Waals surface area contributed by atoms with E-state index in [0.29, 0.717) is 19.4 Å². The Labute approximate surface area is 192 Å². The van der Waals surface area contributed by atoms with E-state index in [1.54, 1.807) is 19.0 Å². The van der Waals surface area contributed by atoms with Crippen LogP contribution in [0.15, 0.2) is 48.5 Å². The topological polar surface area (TPSA) is 70.7 Å². The molecule has 0 aliphatic heterocycles. The number of carbonyl (C=O) groups excluding carboxylic acids is 2. The quantitative estimate of drug-likeness (QED) is 0.402. The number of aryl methyl sites for hydroxylation is 1. The highest BCUT2D eigenvalue weighted by Crippen LogP contribution is 2.18. The van der Waals surface area contributed by atoms with E-state index in [0.717, 1.165) is 29.1 Å². The summed E-state index contributed by atoms with van der Waals surface area (Å²) in [6, 6.07) is 15.3. The number of nitrogens with one attached hydrogen (secondary N) is 2. The first-order chi connectivity index (χ1) is 15.5. The third-order valence-electron chi connectivity index (χ3n) is 5.17. The molecule has 6 heteroatoms. The van der Waals surface area contributed by atoms with Crippen LogP contribution in [-0.4, -0.2) is 44.0 Å². The molecule has 174 valence electrons. The van der Waals surface area contributed by atoms with Crippen LogP contribution in [0.1, 0.15) is 51.0 Å². The number of ether oxygens (including phenoxy) is 1. The van der Waals surface area contributed by atoms with Gasteiger partial charge in [0.25, 0.3) is 0 Å². The van der Waals surface area contributed by atoms with Crippen LogP contribution < -0.4 is 15.4 Å². The van der Waals surface area contributed by atoms with E-state index in [-0.39, 0.29) is 18.4 Å². The van der Waals surface area contributed by atoms with Gasteiger partial charge in [0.15, 0.2) is 0 Å². The fourth-order valence-corrected chi connectivity index (χ4v) is 3.21. The van der Waals surface area contributed by atoms with E-state index in [4.69, 9.17) is 4.74 Å². The van der Waals surface area contributed by atoms with Crippen molar-refractivity contribution < 1.29 is 14.3 Å². The lowest BCUT2D eigenvalue weighted by molar-refractivity contribution is -0.128. The number of benzene rings is 2. The van der Waals surface area contributed by atoms with Crippen LogP contribution >= 0.6 is 0 Å². The minimum Gasteiger partial charge on any atom is -0.494 e. The summed E-state index contributed by atoms with van der Waals surface area (Å²) in [5.41, 5.74) is 2.66. The summed E-state index contributed by atoms with van der Waals surface area (Å²) < 4.78 is 5.82. The summed E-state index contributed by atoms with van der Waals surface area (Å²) in [7, 11) is 3.52. The molecule has 32 heavy (non-hydrogen) atoms. The molecule has 2 N–H and O–H groups in total. The van der Waals surface area contributed by atoms with E-state index >= 15 is 0 Å². The molecule has 2 aromatic rings. The van der Waals surface area contributed by atoms with Crippen LogP contribution in [0.2, 0.25) is 0 Å². The second-order valence-corrected chi connectivity index (χ2v) is 8.18. The number of nitrogens with zero attached hydrogens (tertiary/aromatic N) is 1. The molecule has 2 aromatic carbocycles. The first-order valence-electron chi connectivity index (χ1n) is 11.5. The van der Waals surface area contributed by atoms with E-state index in [1.165, 1.54) is 25.7 Å². The summed E-state index contributed by atoms with van der Waals surface area (Å²) in [6.07, 6.45) is 7.20. The van der Waals surface area contributed by atoms with Gasteiger partial charge in [0.2, 0.25) is 11.8 Å². The highest BCUT2D eigenvalue weighted by Gasteiger charge is 2.06. The van der Waals surface area contributed by atoms with Gasteiger partial charge in [0, 0.05) is 38.0 Å². The zero-order valence-corrected chi connectivity index (χ0v) is 19.7. The van der Waals surface area contributed by atoms with Crippen molar-refractivity contribution in [2.75, 3.05) is 37.9 Å². The Morgan fingerprint density at radius 3 is 2.41 bits per heavy atom. The molecule has 2 amide bonds. The first kappa shape index (κ1) is 25.2. The molecule has 0 spiro atoms. The standard InChI is InChI=1S/C26H37N3O3/c1-4-5-6-7-8-18-32-24-11-9-10-23(19-24)27-20-25(30)28-22-15-12-21(13-16-22)14-17-26(31)29(2)3/h9-13,15-16,19,27H,4-8,14,17-18,20H2,1-3H3,(H,28,30). The number of unbranched alkanes of at least 4 members (excludes halogenated alkanes) is 4. The van der Waals surface area contributed by atoms with Gasteiger partial charge in [-0.15, -0.1) is 0 Å². The first-order valence-corrected chi connectivity index (χ1v) is 11.5. The number of anilines is 2. The molecule has 0 saturated carbocycles. The SMILES string of the molecule is CCCCCCCOc1cccc(NCC(=O)Nc2ccc(CCC(=O)N(C)C)cc2)c1. The summed E-state index contributed by atoms with van der Waals surface area (Å²) in [5.74, 6) is 0.798. The Balaban J connectivity index is 1.71. The molecule has 0 heterocycles. The molecule has 0 radical (unpaired) electrons. The van der Waals surface area contributed by atoms with Gasteiger partial charge in [-0.2, -0.15) is 0 Å². The van der Waals surface area contributed by atoms with Crippen molar-refractivity contribution in [1.29, 1.82) is 0 Å². The van der Waals surface area contributed by atoms with E-state index < -0.39 is 0 Å². The Hall–Kier alpha value is -3.02. The van der Waals surface area contributed by atoms with Gasteiger partial charge < -0.3 is 20.3 Å². The van der Waals surface area contributed by atoms with Crippen LogP contribution in [-0.2, 0) is 16.0 Å². The third kappa shape index (κ3) is 9.86. The molecular formula is C26H37N3O3. The van der Waals surface area contributed by atoms with Crippen molar-refractivity contribution >= 4 is 23.2 Å². The molecule has 0 atom stereocenters. The molecule has 6 nitrogen and oxygen atoms in total. The maximum Gasteiger partial charge on any atom is 0.243 e. The number of carbonyl (C=O) groups is 2. The van der Waals surface area contributed by atoms with E-state index in [9.17, 15) is 9.59 Å². The summed E-state index contributed by atoms with van der Waals surface area (Å²) in [4.78, 5) is 25.6. The average molecular weight is 440 g/mol. The molecular weight excluding hydrogens is 402 g/mol. The van der Waals surface area contributed by atoms with Gasteiger partial charge in [-0.25, -0.2) is 0 Å². The summed E-state index contributed by atoms with van der Waals surface area (Å²) in [5, 5.41) is 6.03. The highest BCUT2D eigenvalue weighted by atomic mass is 16.5. The highest BCUT2D eigenvalue weighted by molar-refractivity contribution is 5.93. The van der Waals surface area contributed by atoms with Crippen LogP contribution in [0.3, 0.4) is 0 Å². The maximum atomic E-state index is 12.3. The lowest BCUT2D eigenvalue weighted by Crippen LogP contribution is -2.22. The fraction of sp³-hybridized carbons (Fsp3) is 0.462. The Kier molecular flexibility index (Phi) is 11.1. The minimum atomic E-state index is -0.122. The number of hydrogen-bond acceptors (Lipinski definition) is 4. The lowest BCUT2D eigenvalue weighted by atomic mass is 10.1. The van der Waals surface area contributed by atoms with Crippen LogP contribution in [0.25, 0.3) is 0 Å². The van der Waals surface area contributed by atoms with Crippen LogP contribution in [0, 0.1) is 0 Å². The normalized spacial score (nSPS) is 10.5. The van der Waals surface area contributed by atoms with E-state index in [2.05, 4.69) is 17.6 Å². The Bertz CT molecular complexity index is 834. The number of hydrogen-bond donors (Lipinski definition) is 2. The van der Waals surface area contributed by atoms with Crippen molar-refractivity contribution in [3.05, 3.63) is 54.1 Å². The van der Waals surface area contributed by atoms with Gasteiger partial charge in [-0.1, -0.05) is 50.8 Å². The van der Waals surface area contributed by atoms with E-state index in [1.807, 2.05) is 48.5 Å². The number of rotatable bonds is 14. The maximum absolute atomic E-state index is 12.3. The van der Waals surface area contributed by atoms with Crippen molar-refractivity contribution in [2.24, 2.45) is 0 Å². The van der Waals surface area contributed by atoms with Crippen molar-refractivity contribution in [3.63, 3.8) is 0 Å². The molecule has 0 aliphatic rings. The molecule has 2 rings (SSSR count). The molecule has 0 aromatic heterocycles. The van der Waals surface area contributed by atoms with Gasteiger partial charge in [-0.05, 0) is 42.7 Å². The van der Waals surface area contributed by atoms with Gasteiger partial charge in [-0.3, -0.25) is 9.59 Å². The van der Waals surface area contributed by atoms with Gasteiger partial charge >= 0.3 is 0 Å². The Morgan fingerprint density at radius 1 is 0.938 bits per heavy atom. The second kappa shape index (κ2) is 14.1. The zero-order valence-electron chi connectivity index (χ0n) is 19.7. The molecule has 0 saturated heterocycles. The van der Waals surface area contributed by atoms with Gasteiger partial charge in [0.1, 0.15) is 5.75 Å². The largest absolute Gasteiger partial charge is 0.494 e. The van der Waals surface area contributed by atoms with Crippen LogP contribution in [0.5, 0.6) is 5.75 Å². The van der Waals surface area contributed by atoms with Crippen molar-refractivity contribution in [2.45, 2.75) is 51.9 Å². The summed E-state index contributed by atoms with van der Waals surface area (Å²) in [6.45, 7) is 3.09. The predicted molar refractivity (Wildman–Crippen MR) is 131 cm³/mol. The summed E-state index contributed by atoms with van der Waals surface area (Å²) >= 11 is 0. The Morgan fingerprint density at radius 2 is 1.69 bits per heavy atom. The molecule has 0 unspecified atom stereocenters. The lowest BCUT2D eigenvalue weighted by Gasteiger charge is -2.11. The monoisotopic (exact) mass is 439 g/mol. The molecule has 0 aliphatic carbocycles. The van der Waals surface area contributed by atoms with Gasteiger partial charge in [0.05, 0.1) is 13.2 Å². The molecule has 0 bridgehead atoms. The zero-order chi connectivity index (χ0) is 23.2. The smallest absolute Gasteiger partial charge is 0.243 e. The third-order valence-corrected chi connectivity index (χ3v) is 5.17. The fourth-order valence-electron chi connectivity index (χ4n) is 3.21.